The molecule has 1 unspecified atom stereocenters. The molecular formula is C25H17Cl2NO4. The zero-order valence-electron chi connectivity index (χ0n) is 17.2. The minimum Gasteiger partial charge on any atom is -0.495 e. The van der Waals surface area contributed by atoms with Crippen molar-refractivity contribution in [2.75, 3.05) is 12.0 Å². The van der Waals surface area contributed by atoms with Gasteiger partial charge in [0.15, 0.2) is 5.43 Å². The first-order chi connectivity index (χ1) is 15.4. The summed E-state index contributed by atoms with van der Waals surface area (Å²) in [5.74, 6) is 0.0872. The minimum atomic E-state index is -0.679. The quantitative estimate of drug-likeness (QED) is 0.363. The lowest BCUT2D eigenvalue weighted by molar-refractivity contribution is 0.0971. The van der Waals surface area contributed by atoms with Crippen molar-refractivity contribution >= 4 is 45.8 Å². The monoisotopic (exact) mass is 465 g/mol. The van der Waals surface area contributed by atoms with Gasteiger partial charge in [-0.25, -0.2) is 0 Å². The molecule has 32 heavy (non-hydrogen) atoms. The van der Waals surface area contributed by atoms with Crippen LogP contribution in [-0.2, 0) is 0 Å². The third kappa shape index (κ3) is 3.17. The van der Waals surface area contributed by atoms with E-state index in [-0.39, 0.29) is 16.8 Å². The fraction of sp³-hybridized carbons (Fsp3) is 0.120. The van der Waals surface area contributed by atoms with Crippen LogP contribution in [0.1, 0.15) is 33.3 Å². The maximum atomic E-state index is 13.6. The molecule has 0 saturated heterocycles. The molecule has 0 aliphatic carbocycles. The maximum Gasteiger partial charge on any atom is 0.295 e. The number of carbonyl (C=O) groups is 1. The van der Waals surface area contributed by atoms with Gasteiger partial charge in [0.2, 0.25) is 5.76 Å². The molecule has 0 spiro atoms. The van der Waals surface area contributed by atoms with Crippen LogP contribution in [-0.4, -0.2) is 13.0 Å². The molecule has 1 atom stereocenters. The first-order valence-corrected chi connectivity index (χ1v) is 10.6. The van der Waals surface area contributed by atoms with E-state index in [0.717, 1.165) is 11.1 Å². The van der Waals surface area contributed by atoms with Crippen LogP contribution in [0.25, 0.3) is 11.0 Å². The van der Waals surface area contributed by atoms with Crippen molar-refractivity contribution in [1.29, 1.82) is 0 Å². The zero-order valence-corrected chi connectivity index (χ0v) is 18.7. The summed E-state index contributed by atoms with van der Waals surface area (Å²) < 4.78 is 11.2. The summed E-state index contributed by atoms with van der Waals surface area (Å²) in [6.07, 6.45) is 0. The molecule has 0 radical (unpaired) electrons. The van der Waals surface area contributed by atoms with Crippen LogP contribution in [0.3, 0.4) is 0 Å². The van der Waals surface area contributed by atoms with Crippen LogP contribution in [0.5, 0.6) is 5.75 Å². The molecule has 5 nitrogen and oxygen atoms in total. The fourth-order valence-electron chi connectivity index (χ4n) is 4.08. The second-order valence-electron chi connectivity index (χ2n) is 7.62. The van der Waals surface area contributed by atoms with Gasteiger partial charge in [-0.2, -0.15) is 0 Å². The lowest BCUT2D eigenvalue weighted by Gasteiger charge is -2.25. The molecule has 0 bridgehead atoms. The smallest absolute Gasteiger partial charge is 0.295 e. The standard InChI is InChI=1S/C25H17Cl2NO4/c1-13-3-5-14(6-4-13)22-21-23(29)17-11-15(26)7-9-19(17)32-24(21)25(30)28(22)16-8-10-20(31-2)18(27)12-16/h3-12,22H,1-2H3. The predicted molar refractivity (Wildman–Crippen MR) is 125 cm³/mol. The maximum absolute atomic E-state index is 13.6. The number of carbonyl (C=O) groups excluding carboxylic acids is 1. The van der Waals surface area contributed by atoms with Crippen LogP contribution in [0.15, 0.2) is 69.9 Å². The molecular weight excluding hydrogens is 449 g/mol. The number of nitrogens with zero attached hydrogens (tertiary/aromatic N) is 1. The highest BCUT2D eigenvalue weighted by molar-refractivity contribution is 6.32. The molecule has 4 aromatic rings. The molecule has 5 rings (SSSR count). The highest BCUT2D eigenvalue weighted by Crippen LogP contribution is 2.43. The van der Waals surface area contributed by atoms with Gasteiger partial charge in [-0.05, 0) is 48.9 Å². The Bertz CT molecular complexity index is 1440. The van der Waals surface area contributed by atoms with E-state index in [2.05, 4.69) is 0 Å². The van der Waals surface area contributed by atoms with Crippen molar-refractivity contribution in [2.24, 2.45) is 0 Å². The first-order valence-electron chi connectivity index (χ1n) is 9.89. The average Bonchev–Trinajstić information content (AvgIpc) is 3.07. The first kappa shape index (κ1) is 20.6. The lowest BCUT2D eigenvalue weighted by atomic mass is 9.97. The molecule has 0 fully saturated rings. The Morgan fingerprint density at radius 1 is 0.969 bits per heavy atom. The summed E-state index contributed by atoms with van der Waals surface area (Å²) in [7, 11) is 1.52. The van der Waals surface area contributed by atoms with E-state index >= 15 is 0 Å². The van der Waals surface area contributed by atoms with Crippen LogP contribution in [0, 0.1) is 6.92 Å². The third-order valence-electron chi connectivity index (χ3n) is 5.64. The molecule has 7 heteroatoms. The Hall–Kier alpha value is -3.28. The predicted octanol–water partition coefficient (Wildman–Crippen LogP) is 6.17. The van der Waals surface area contributed by atoms with Gasteiger partial charge in [-0.15, -0.1) is 0 Å². The fourth-order valence-corrected chi connectivity index (χ4v) is 4.50. The number of rotatable bonds is 3. The second kappa shape index (κ2) is 7.69. The van der Waals surface area contributed by atoms with Crippen LogP contribution >= 0.6 is 23.2 Å². The number of methoxy groups -OCH3 is 1. The largest absolute Gasteiger partial charge is 0.495 e. The number of fused-ring (bicyclic) bond motifs is 2. The summed E-state index contributed by atoms with van der Waals surface area (Å²) in [6.45, 7) is 1.97. The molecule has 3 aromatic carbocycles. The highest BCUT2D eigenvalue weighted by atomic mass is 35.5. The Morgan fingerprint density at radius 2 is 1.72 bits per heavy atom. The number of halogens is 2. The van der Waals surface area contributed by atoms with Gasteiger partial charge in [-0.3, -0.25) is 14.5 Å². The van der Waals surface area contributed by atoms with Crippen LogP contribution < -0.4 is 15.1 Å². The van der Waals surface area contributed by atoms with Gasteiger partial charge < -0.3 is 9.15 Å². The third-order valence-corrected chi connectivity index (χ3v) is 6.17. The van der Waals surface area contributed by atoms with Gasteiger partial charge >= 0.3 is 0 Å². The number of hydrogen-bond acceptors (Lipinski definition) is 4. The van der Waals surface area contributed by atoms with Gasteiger partial charge in [0.1, 0.15) is 11.3 Å². The zero-order chi connectivity index (χ0) is 22.6. The van der Waals surface area contributed by atoms with Crippen LogP contribution in [0.2, 0.25) is 10.0 Å². The highest BCUT2D eigenvalue weighted by Gasteiger charge is 2.43. The molecule has 2 heterocycles. The van der Waals surface area contributed by atoms with Crippen molar-refractivity contribution in [3.8, 4) is 5.75 Å². The molecule has 0 saturated carbocycles. The molecule has 160 valence electrons. The summed E-state index contributed by atoms with van der Waals surface area (Å²) in [4.78, 5) is 28.7. The average molecular weight is 466 g/mol. The van der Waals surface area contributed by atoms with E-state index in [1.165, 1.54) is 12.0 Å². The Balaban J connectivity index is 1.80. The SMILES string of the molecule is COc1ccc(N2C(=O)c3oc4ccc(Cl)cc4c(=O)c3C2c2ccc(C)cc2)cc1Cl. The lowest BCUT2D eigenvalue weighted by Crippen LogP contribution is -2.29. The normalized spacial score (nSPS) is 15.3. The van der Waals surface area contributed by atoms with Crippen LogP contribution in [0.4, 0.5) is 5.69 Å². The number of aryl methyl sites for hydroxylation is 1. The summed E-state index contributed by atoms with van der Waals surface area (Å²) in [6, 6.07) is 16.9. The van der Waals surface area contributed by atoms with E-state index < -0.39 is 11.9 Å². The van der Waals surface area contributed by atoms with Gasteiger partial charge in [0.05, 0.1) is 29.1 Å². The van der Waals surface area contributed by atoms with E-state index in [1.807, 2.05) is 31.2 Å². The van der Waals surface area contributed by atoms with Crippen molar-refractivity contribution < 1.29 is 13.9 Å². The van der Waals surface area contributed by atoms with Gasteiger partial charge in [0, 0.05) is 10.7 Å². The molecule has 1 aliphatic heterocycles. The molecule has 1 amide bonds. The van der Waals surface area contributed by atoms with Crippen molar-refractivity contribution in [2.45, 2.75) is 13.0 Å². The van der Waals surface area contributed by atoms with Crippen molar-refractivity contribution in [3.05, 3.63) is 103 Å². The van der Waals surface area contributed by atoms with E-state index in [9.17, 15) is 9.59 Å². The topological polar surface area (TPSA) is 59.8 Å². The number of benzene rings is 3. The van der Waals surface area contributed by atoms with E-state index in [0.29, 0.717) is 32.5 Å². The second-order valence-corrected chi connectivity index (χ2v) is 8.47. The Morgan fingerprint density at radius 3 is 2.41 bits per heavy atom. The van der Waals surface area contributed by atoms with Gasteiger partial charge in [0.25, 0.3) is 5.91 Å². The summed E-state index contributed by atoms with van der Waals surface area (Å²) in [5, 5.41) is 1.10. The number of amides is 1. The molecule has 0 N–H and O–H groups in total. The number of hydrogen-bond donors (Lipinski definition) is 0. The Kier molecular flexibility index (Phi) is 4.96. The summed E-state index contributed by atoms with van der Waals surface area (Å²) >= 11 is 12.5. The van der Waals surface area contributed by atoms with Crippen molar-refractivity contribution in [3.63, 3.8) is 0 Å². The van der Waals surface area contributed by atoms with E-state index in [1.54, 1.807) is 36.4 Å². The van der Waals surface area contributed by atoms with Crippen molar-refractivity contribution in [1.82, 2.24) is 0 Å². The molecule has 1 aromatic heterocycles. The number of anilines is 1. The van der Waals surface area contributed by atoms with E-state index in [4.69, 9.17) is 32.4 Å². The van der Waals surface area contributed by atoms with Gasteiger partial charge in [-0.1, -0.05) is 53.0 Å². The number of ether oxygens (including phenoxy) is 1. The Labute approximate surface area is 193 Å². The summed E-state index contributed by atoms with van der Waals surface area (Å²) in [5.41, 5.74) is 2.67. The molecule has 1 aliphatic rings. The minimum absolute atomic E-state index is 0.0161.